The largest absolute Gasteiger partial charge is 0.325 e. The van der Waals surface area contributed by atoms with Crippen molar-refractivity contribution in [1.82, 2.24) is 5.32 Å². The maximum absolute atomic E-state index is 12.9. The van der Waals surface area contributed by atoms with Crippen molar-refractivity contribution in [2.24, 2.45) is 0 Å². The Morgan fingerprint density at radius 1 is 1.35 bits per heavy atom. The molecule has 1 aromatic rings. The molecule has 0 saturated heterocycles. The van der Waals surface area contributed by atoms with E-state index in [1.165, 1.54) is 6.07 Å². The van der Waals surface area contributed by atoms with E-state index < -0.39 is 11.6 Å². The summed E-state index contributed by atoms with van der Waals surface area (Å²) in [6, 6.07) is 3.49. The van der Waals surface area contributed by atoms with Crippen LogP contribution in [-0.4, -0.2) is 18.5 Å². The van der Waals surface area contributed by atoms with Gasteiger partial charge in [0.15, 0.2) is 11.6 Å². The number of halogens is 2. The zero-order chi connectivity index (χ0) is 12.8. The highest BCUT2D eigenvalue weighted by Crippen LogP contribution is 2.12. The molecule has 5 heteroatoms. The Bertz CT molecular complexity index is 396. The van der Waals surface area contributed by atoms with E-state index in [1.54, 1.807) is 0 Å². The van der Waals surface area contributed by atoms with Crippen LogP contribution < -0.4 is 10.6 Å². The smallest absolute Gasteiger partial charge is 0.238 e. The Kier molecular flexibility index (Phi) is 5.03. The molecule has 1 rings (SSSR count). The summed E-state index contributed by atoms with van der Waals surface area (Å²) in [5.41, 5.74) is 0.250. The first kappa shape index (κ1) is 13.6. The molecule has 0 aliphatic carbocycles. The summed E-state index contributed by atoms with van der Waals surface area (Å²) < 4.78 is 25.5. The quantitative estimate of drug-likeness (QED) is 0.831. The maximum atomic E-state index is 12.9. The Hall–Kier alpha value is -1.49. The number of hydrogen-bond acceptors (Lipinski definition) is 2. The third-order valence-corrected chi connectivity index (χ3v) is 2.43. The van der Waals surface area contributed by atoms with Gasteiger partial charge in [0.05, 0.1) is 6.54 Å². The lowest BCUT2D eigenvalue weighted by Gasteiger charge is -2.11. The van der Waals surface area contributed by atoms with E-state index in [4.69, 9.17) is 0 Å². The van der Waals surface area contributed by atoms with Gasteiger partial charge in [0, 0.05) is 17.8 Å². The van der Waals surface area contributed by atoms with Crippen LogP contribution in [0.1, 0.15) is 20.3 Å². The molecule has 3 nitrogen and oxygen atoms in total. The minimum Gasteiger partial charge on any atom is -0.325 e. The third-order valence-electron chi connectivity index (χ3n) is 2.43. The number of amides is 1. The first-order valence-corrected chi connectivity index (χ1v) is 5.51. The molecule has 17 heavy (non-hydrogen) atoms. The monoisotopic (exact) mass is 242 g/mol. The summed E-state index contributed by atoms with van der Waals surface area (Å²) in [5, 5.41) is 5.48. The summed E-state index contributed by atoms with van der Waals surface area (Å²) in [7, 11) is 0. The predicted molar refractivity (Wildman–Crippen MR) is 62.7 cm³/mol. The van der Waals surface area contributed by atoms with E-state index in [0.29, 0.717) is 0 Å². The van der Waals surface area contributed by atoms with Gasteiger partial charge in [-0.15, -0.1) is 0 Å². The molecule has 0 spiro atoms. The van der Waals surface area contributed by atoms with Crippen molar-refractivity contribution in [2.45, 2.75) is 26.3 Å². The number of benzene rings is 1. The molecular weight excluding hydrogens is 226 g/mol. The summed E-state index contributed by atoms with van der Waals surface area (Å²) in [6.45, 7) is 4.11. The average molecular weight is 242 g/mol. The molecule has 94 valence electrons. The summed E-state index contributed by atoms with van der Waals surface area (Å²) in [4.78, 5) is 11.4. The van der Waals surface area contributed by atoms with Crippen LogP contribution in [0.25, 0.3) is 0 Å². The Balaban J connectivity index is 2.48. The minimum atomic E-state index is -0.974. The van der Waals surface area contributed by atoms with Gasteiger partial charge < -0.3 is 10.6 Å². The fourth-order valence-electron chi connectivity index (χ4n) is 1.19. The molecule has 0 heterocycles. The molecule has 0 unspecified atom stereocenters. The highest BCUT2D eigenvalue weighted by molar-refractivity contribution is 5.92. The van der Waals surface area contributed by atoms with Gasteiger partial charge in [0.1, 0.15) is 0 Å². The Morgan fingerprint density at radius 2 is 2.06 bits per heavy atom. The van der Waals surface area contributed by atoms with E-state index in [1.807, 2.05) is 13.8 Å². The van der Waals surface area contributed by atoms with Crippen molar-refractivity contribution >= 4 is 11.6 Å². The second-order valence-electron chi connectivity index (χ2n) is 3.87. The summed E-state index contributed by atoms with van der Waals surface area (Å²) >= 11 is 0. The van der Waals surface area contributed by atoms with Gasteiger partial charge in [0.25, 0.3) is 0 Å². The number of carbonyl (C=O) groups excluding carboxylic acids is 1. The van der Waals surface area contributed by atoms with Crippen LogP contribution in [0.2, 0.25) is 0 Å². The lowest BCUT2D eigenvalue weighted by atomic mass is 10.2. The lowest BCUT2D eigenvalue weighted by Crippen LogP contribution is -2.33. The minimum absolute atomic E-state index is 0.147. The van der Waals surface area contributed by atoms with Crippen molar-refractivity contribution in [1.29, 1.82) is 0 Å². The van der Waals surface area contributed by atoms with Crippen LogP contribution in [0.3, 0.4) is 0 Å². The Morgan fingerprint density at radius 3 is 2.65 bits per heavy atom. The molecular formula is C12H16F2N2O. The van der Waals surface area contributed by atoms with E-state index in [-0.39, 0.29) is 24.2 Å². The van der Waals surface area contributed by atoms with Gasteiger partial charge in [-0.25, -0.2) is 8.78 Å². The molecule has 0 bridgehead atoms. The van der Waals surface area contributed by atoms with Crippen molar-refractivity contribution in [3.05, 3.63) is 29.8 Å². The zero-order valence-corrected chi connectivity index (χ0v) is 9.89. The zero-order valence-electron chi connectivity index (χ0n) is 9.89. The summed E-state index contributed by atoms with van der Waals surface area (Å²) in [6.07, 6.45) is 0.915. The van der Waals surface area contributed by atoms with Gasteiger partial charge in [0.2, 0.25) is 5.91 Å². The lowest BCUT2D eigenvalue weighted by molar-refractivity contribution is -0.115. The van der Waals surface area contributed by atoms with E-state index in [0.717, 1.165) is 18.6 Å². The molecule has 1 amide bonds. The normalized spacial score (nSPS) is 12.2. The topological polar surface area (TPSA) is 41.1 Å². The van der Waals surface area contributed by atoms with Gasteiger partial charge >= 0.3 is 0 Å². The second kappa shape index (κ2) is 6.30. The van der Waals surface area contributed by atoms with Crippen LogP contribution in [0.5, 0.6) is 0 Å². The SMILES string of the molecule is CC[C@@H](C)NCC(=O)Nc1ccc(F)c(F)c1. The molecule has 0 fully saturated rings. The van der Waals surface area contributed by atoms with Crippen LogP contribution in [0.4, 0.5) is 14.5 Å². The molecule has 0 aliphatic heterocycles. The van der Waals surface area contributed by atoms with Crippen LogP contribution in [0.15, 0.2) is 18.2 Å². The number of anilines is 1. The number of nitrogens with one attached hydrogen (secondary N) is 2. The van der Waals surface area contributed by atoms with Crippen molar-refractivity contribution in [2.75, 3.05) is 11.9 Å². The standard InChI is InChI=1S/C12H16F2N2O/c1-3-8(2)15-7-12(17)16-9-4-5-10(13)11(14)6-9/h4-6,8,15H,3,7H2,1-2H3,(H,16,17)/t8-/m1/s1. The number of rotatable bonds is 5. The second-order valence-corrected chi connectivity index (χ2v) is 3.87. The number of carbonyl (C=O) groups is 1. The van der Waals surface area contributed by atoms with Crippen LogP contribution in [0, 0.1) is 11.6 Å². The average Bonchev–Trinajstić information content (AvgIpc) is 2.31. The molecule has 1 atom stereocenters. The Labute approximate surface area is 99.2 Å². The molecule has 2 N–H and O–H groups in total. The molecule has 0 aliphatic rings. The maximum Gasteiger partial charge on any atom is 0.238 e. The van der Waals surface area contributed by atoms with E-state index in [9.17, 15) is 13.6 Å². The molecule has 0 radical (unpaired) electrons. The molecule has 0 saturated carbocycles. The van der Waals surface area contributed by atoms with Gasteiger partial charge in [-0.3, -0.25) is 4.79 Å². The fourth-order valence-corrected chi connectivity index (χ4v) is 1.19. The van der Waals surface area contributed by atoms with E-state index >= 15 is 0 Å². The highest BCUT2D eigenvalue weighted by Gasteiger charge is 2.07. The first-order valence-electron chi connectivity index (χ1n) is 5.51. The van der Waals surface area contributed by atoms with Crippen LogP contribution in [-0.2, 0) is 4.79 Å². The molecule has 0 aromatic heterocycles. The third kappa shape index (κ3) is 4.48. The van der Waals surface area contributed by atoms with Crippen molar-refractivity contribution < 1.29 is 13.6 Å². The van der Waals surface area contributed by atoms with Gasteiger partial charge in [-0.2, -0.15) is 0 Å². The predicted octanol–water partition coefficient (Wildman–Crippen LogP) is 2.29. The first-order chi connectivity index (χ1) is 8.02. The van der Waals surface area contributed by atoms with Crippen molar-refractivity contribution in [3.63, 3.8) is 0 Å². The number of hydrogen-bond donors (Lipinski definition) is 2. The fraction of sp³-hybridized carbons (Fsp3) is 0.417. The van der Waals surface area contributed by atoms with Crippen LogP contribution >= 0.6 is 0 Å². The summed E-state index contributed by atoms with van der Waals surface area (Å²) in [5.74, 6) is -2.19. The van der Waals surface area contributed by atoms with Gasteiger partial charge in [-0.05, 0) is 25.5 Å². The highest BCUT2D eigenvalue weighted by atomic mass is 19.2. The van der Waals surface area contributed by atoms with E-state index in [2.05, 4.69) is 10.6 Å². The molecule has 1 aromatic carbocycles. The van der Waals surface area contributed by atoms with Crippen molar-refractivity contribution in [3.8, 4) is 0 Å². The van der Waals surface area contributed by atoms with Gasteiger partial charge in [-0.1, -0.05) is 6.92 Å².